The van der Waals surface area contributed by atoms with Crippen LogP contribution >= 0.6 is 0 Å². The Balaban J connectivity index is 1.38. The molecule has 0 saturated heterocycles. The summed E-state index contributed by atoms with van der Waals surface area (Å²) >= 11 is 0. The van der Waals surface area contributed by atoms with E-state index in [0.717, 1.165) is 12.1 Å². The van der Waals surface area contributed by atoms with Crippen molar-refractivity contribution in [3.05, 3.63) is 171 Å². The quantitative estimate of drug-likeness (QED) is 0.0155. The Bertz CT molecular complexity index is 3490. The van der Waals surface area contributed by atoms with Gasteiger partial charge in [-0.1, -0.05) is 123 Å². The average Bonchev–Trinajstić information content (AvgIpc) is 2.04. The fourth-order valence-electron chi connectivity index (χ4n) is 9.26. The molecule has 0 aromatic heterocycles. The molecular weight excluding hydrogens is 1200 g/mol. The zero-order valence-corrected chi connectivity index (χ0v) is 50.5. The van der Waals surface area contributed by atoms with E-state index >= 15 is 0 Å². The Morgan fingerprint density at radius 1 is 0.446 bits per heavy atom. The fourth-order valence-corrected chi connectivity index (χ4v) is 9.26. The number of phenolic OH excluding ortho intramolecular Hbond substituents is 1. The number of nitrogen functional groups attached to an aromatic ring is 1. The summed E-state index contributed by atoms with van der Waals surface area (Å²) in [5.41, 5.74) is 6.95. The zero-order chi connectivity index (χ0) is 67.8. The lowest BCUT2D eigenvalue weighted by molar-refractivity contribution is -0.385. The van der Waals surface area contributed by atoms with Crippen LogP contribution in [-0.2, 0) is 78.4 Å². The highest BCUT2D eigenvalue weighted by Crippen LogP contribution is 2.27. The van der Waals surface area contributed by atoms with Gasteiger partial charge in [-0.3, -0.25) is 62.9 Å². The third-order valence-corrected chi connectivity index (χ3v) is 14.3. The van der Waals surface area contributed by atoms with Crippen LogP contribution in [0.5, 0.6) is 5.75 Å². The van der Waals surface area contributed by atoms with Gasteiger partial charge in [0.15, 0.2) is 5.75 Å². The summed E-state index contributed by atoms with van der Waals surface area (Å²) in [6.07, 6.45) is -3.60. The molecule has 0 spiro atoms. The highest BCUT2D eigenvalue weighted by molar-refractivity contribution is 6.02. The summed E-state index contributed by atoms with van der Waals surface area (Å²) in [4.78, 5) is 173. The molecule has 9 unspecified atom stereocenters. The maximum Gasteiger partial charge on any atom is 0.326 e. The molecule has 0 heterocycles. The predicted octanol–water partition coefficient (Wildman–Crippen LogP) is 0.950. The molecule has 5 rings (SSSR count). The molecule has 5 aromatic carbocycles. The van der Waals surface area contributed by atoms with E-state index < -0.39 is 173 Å². The van der Waals surface area contributed by atoms with E-state index in [-0.39, 0.29) is 36.1 Å². The Labute approximate surface area is 527 Å². The van der Waals surface area contributed by atoms with Crippen molar-refractivity contribution in [2.45, 2.75) is 127 Å². The van der Waals surface area contributed by atoms with Gasteiger partial charge in [0.1, 0.15) is 54.4 Å². The highest BCUT2D eigenvalue weighted by atomic mass is 16.6. The van der Waals surface area contributed by atoms with Crippen molar-refractivity contribution in [1.82, 2.24) is 47.9 Å². The van der Waals surface area contributed by atoms with Crippen molar-refractivity contribution in [3.63, 3.8) is 0 Å². The standard InChI is InChI=1S/C63H73N11O18/c1-34(2)53(62(88)71-46(30-39-20-12-7-13-21-39)60(86)70-47(61(87)72-48(63(89)90)33-52(78)79)31-40-24-26-50(75)49(32-40)74(91)92)73-57(83)43(25-27-51(76)77)67-59(85)45(29-38-18-10-6-11-19-38)69-55(81)36(4)66-58(84)44(28-37-16-8-5-9-17-37)68-54(80)35(3)65-56(82)41-22-14-15-23-42(41)64/h5-24,26,32,34-36,43-48,53,75H,25,27-31,33,64H2,1-4H3,(H,65,82)(H,66,84)(H,67,85)(H,68,80)(H,69,81)(H,70,86)(H,71,88)(H,72,87)(H,73,83)(H,76,77)(H,78,79)(H,89,90). The molecule has 9 amide bonds. The number of amides is 9. The Morgan fingerprint density at radius 2 is 0.837 bits per heavy atom. The molecule has 0 aliphatic heterocycles. The lowest BCUT2D eigenvalue weighted by Crippen LogP contribution is -2.61. The van der Waals surface area contributed by atoms with Gasteiger partial charge in [-0.2, -0.15) is 0 Å². The van der Waals surface area contributed by atoms with Crippen LogP contribution in [0.15, 0.2) is 133 Å². The zero-order valence-electron chi connectivity index (χ0n) is 50.5. The van der Waals surface area contributed by atoms with Gasteiger partial charge in [-0.25, -0.2) is 4.79 Å². The number of aromatic hydroxyl groups is 1. The second-order valence-electron chi connectivity index (χ2n) is 21.8. The molecular formula is C63H73N11O18. The largest absolute Gasteiger partial charge is 0.502 e. The van der Waals surface area contributed by atoms with Crippen molar-refractivity contribution in [2.24, 2.45) is 5.92 Å². The number of carbonyl (C=O) groups excluding carboxylic acids is 9. The number of benzene rings is 5. The summed E-state index contributed by atoms with van der Waals surface area (Å²) in [6, 6.07) is 19.8. The summed E-state index contributed by atoms with van der Waals surface area (Å²) in [5.74, 6) is -15.0. The number of rotatable bonds is 34. The van der Waals surface area contributed by atoms with E-state index in [0.29, 0.717) is 16.7 Å². The van der Waals surface area contributed by atoms with Gasteiger partial charge in [0.2, 0.25) is 47.3 Å². The molecule has 0 radical (unpaired) electrons. The number of hydrogen-bond acceptors (Lipinski definition) is 16. The van der Waals surface area contributed by atoms with Crippen LogP contribution in [-0.4, -0.2) is 151 Å². The number of nitro groups is 1. The van der Waals surface area contributed by atoms with E-state index in [9.17, 15) is 88.1 Å². The lowest BCUT2D eigenvalue weighted by Gasteiger charge is -2.29. The lowest BCUT2D eigenvalue weighted by atomic mass is 9.99. The number of aliphatic carboxylic acids is 3. The second kappa shape index (κ2) is 34.5. The Kier molecular flexibility index (Phi) is 26.8. The van der Waals surface area contributed by atoms with E-state index in [4.69, 9.17) is 5.73 Å². The van der Waals surface area contributed by atoms with Gasteiger partial charge >= 0.3 is 23.6 Å². The third-order valence-electron chi connectivity index (χ3n) is 14.3. The van der Waals surface area contributed by atoms with E-state index in [1.807, 2.05) is 5.32 Å². The highest BCUT2D eigenvalue weighted by Gasteiger charge is 2.37. The first-order valence-electron chi connectivity index (χ1n) is 28.9. The van der Waals surface area contributed by atoms with Crippen molar-refractivity contribution in [1.29, 1.82) is 0 Å². The maximum absolute atomic E-state index is 14.5. The molecule has 488 valence electrons. The van der Waals surface area contributed by atoms with Gasteiger partial charge in [0.05, 0.1) is 16.9 Å². The molecule has 0 aliphatic rings. The van der Waals surface area contributed by atoms with Crippen LogP contribution in [0.4, 0.5) is 11.4 Å². The minimum atomic E-state index is -2.03. The predicted molar refractivity (Wildman–Crippen MR) is 329 cm³/mol. The number of nitrogens with one attached hydrogen (secondary N) is 9. The van der Waals surface area contributed by atoms with Crippen LogP contribution in [0, 0.1) is 16.0 Å². The number of nitrogens with zero attached hydrogens (tertiary/aromatic N) is 1. The topological polar surface area (TPSA) is 463 Å². The van der Waals surface area contributed by atoms with E-state index in [1.165, 1.54) is 45.9 Å². The molecule has 0 fully saturated rings. The van der Waals surface area contributed by atoms with Crippen molar-refractivity contribution < 1.29 is 82.9 Å². The average molecular weight is 1270 g/mol. The summed E-state index contributed by atoms with van der Waals surface area (Å²) < 4.78 is 0. The smallest absolute Gasteiger partial charge is 0.326 e. The number of nitrogens with two attached hydrogens (primary N) is 1. The molecule has 29 heteroatoms. The summed E-state index contributed by atoms with van der Waals surface area (Å²) in [6.45, 7) is 5.70. The molecule has 29 nitrogen and oxygen atoms in total. The molecule has 0 bridgehead atoms. The molecule has 5 aromatic rings. The van der Waals surface area contributed by atoms with Crippen molar-refractivity contribution >= 4 is 82.4 Å². The van der Waals surface area contributed by atoms with Crippen molar-refractivity contribution in [2.75, 3.05) is 5.73 Å². The number of anilines is 1. The number of carboxylic acids is 3. The number of nitro benzene ring substituents is 1. The SMILES string of the molecule is CC(NC(=O)c1ccccc1N)C(=O)NC(Cc1ccccc1)C(=O)NC(C)C(=O)NC(Cc1ccccc1)C(=O)NC(CCC(=O)O)C(=O)NC(C(=O)NC(Cc1ccccc1)C(=O)NC(Cc1ccc(O)c([N+](=O)[O-])c1)C(=O)NC(CC(=O)O)C(=O)O)C(C)C. The summed E-state index contributed by atoms with van der Waals surface area (Å²) in [7, 11) is 0. The van der Waals surface area contributed by atoms with Crippen LogP contribution in [0.3, 0.4) is 0 Å². The molecule has 15 N–H and O–H groups in total. The van der Waals surface area contributed by atoms with Gasteiger partial charge in [0, 0.05) is 43.9 Å². The molecule has 0 saturated carbocycles. The molecule has 9 atom stereocenters. The monoisotopic (exact) mass is 1270 g/mol. The summed E-state index contributed by atoms with van der Waals surface area (Å²) in [5, 5.41) is 73.0. The van der Waals surface area contributed by atoms with Gasteiger partial charge in [-0.05, 0) is 66.6 Å². The minimum absolute atomic E-state index is 0.0395. The van der Waals surface area contributed by atoms with Crippen LogP contribution in [0.25, 0.3) is 0 Å². The Morgan fingerprint density at radius 3 is 1.27 bits per heavy atom. The third kappa shape index (κ3) is 22.4. The molecule has 0 aliphatic carbocycles. The number of hydrogen-bond donors (Lipinski definition) is 14. The van der Waals surface area contributed by atoms with Gasteiger partial charge in [0.25, 0.3) is 5.91 Å². The van der Waals surface area contributed by atoms with Gasteiger partial charge < -0.3 is 74.0 Å². The fraction of sp³-hybridized carbons (Fsp3) is 0.333. The van der Waals surface area contributed by atoms with Crippen molar-refractivity contribution in [3.8, 4) is 5.75 Å². The first-order valence-corrected chi connectivity index (χ1v) is 28.9. The maximum atomic E-state index is 14.5. The molecule has 92 heavy (non-hydrogen) atoms. The normalized spacial score (nSPS) is 13.8. The number of phenols is 1. The first-order chi connectivity index (χ1) is 43.6. The number of carboxylic acid groups (broad SMARTS) is 3. The van der Waals surface area contributed by atoms with Crippen LogP contribution in [0.1, 0.15) is 79.6 Å². The van der Waals surface area contributed by atoms with Crippen LogP contribution < -0.4 is 53.6 Å². The number of carbonyl (C=O) groups is 12. The van der Waals surface area contributed by atoms with E-state index in [1.54, 1.807) is 103 Å². The first kappa shape index (κ1) is 71.5. The van der Waals surface area contributed by atoms with E-state index in [2.05, 4.69) is 42.5 Å². The van der Waals surface area contributed by atoms with Crippen LogP contribution in [0.2, 0.25) is 0 Å². The minimum Gasteiger partial charge on any atom is -0.502 e. The Hall–Kier alpha value is -11.3. The number of para-hydroxylation sites is 1. The second-order valence-corrected chi connectivity index (χ2v) is 21.8. The van der Waals surface area contributed by atoms with Gasteiger partial charge in [-0.15, -0.1) is 0 Å².